The second-order valence-electron chi connectivity index (χ2n) is 6.83. The summed E-state index contributed by atoms with van der Waals surface area (Å²) in [6, 6.07) is 18.5. The van der Waals surface area contributed by atoms with E-state index in [1.165, 1.54) is 42.6 Å². The van der Waals surface area contributed by atoms with E-state index in [1.807, 2.05) is 0 Å². The van der Waals surface area contributed by atoms with Crippen LogP contribution < -0.4 is 10.2 Å². The second kappa shape index (κ2) is 8.71. The molecule has 0 saturated carbocycles. The van der Waals surface area contributed by atoms with E-state index in [4.69, 9.17) is 4.74 Å². The minimum absolute atomic E-state index is 0.0517. The normalized spacial score (nSPS) is 10.7. The first kappa shape index (κ1) is 20.2. The van der Waals surface area contributed by atoms with Crippen molar-refractivity contribution in [1.82, 2.24) is 9.78 Å². The van der Waals surface area contributed by atoms with Gasteiger partial charge in [-0.15, -0.1) is 0 Å². The first-order valence-corrected chi connectivity index (χ1v) is 9.57. The predicted molar refractivity (Wildman–Crippen MR) is 113 cm³/mol. The van der Waals surface area contributed by atoms with Crippen LogP contribution in [0.4, 0.5) is 4.39 Å². The molecule has 4 aromatic rings. The van der Waals surface area contributed by atoms with Gasteiger partial charge in [0.1, 0.15) is 11.6 Å². The second-order valence-corrected chi connectivity index (χ2v) is 6.83. The molecule has 7 heteroatoms. The van der Waals surface area contributed by atoms with Gasteiger partial charge in [-0.25, -0.2) is 4.39 Å². The van der Waals surface area contributed by atoms with Crippen molar-refractivity contribution in [3.63, 3.8) is 0 Å². The molecule has 0 aliphatic heterocycles. The fraction of sp³-hybridized carbons (Fsp3) is 0.0833. The standard InChI is InChI=1S/C24H17FN2O4/c25-18-9-5-16(6-10-18)24(30)17-7-11-19(12-8-17)31-23(29)13-14-27-21-4-2-1-3-20(21)22(28)15-26-27/h1-12,15H,13-14H2. The number of fused-ring (bicyclic) bond motifs is 1. The summed E-state index contributed by atoms with van der Waals surface area (Å²) in [6.07, 6.45) is 1.28. The SMILES string of the molecule is O=C(CCn1ncc(=O)c2ccccc21)Oc1ccc(C(=O)c2ccc(F)cc2)cc1. The number of aryl methyl sites for hydroxylation is 1. The average Bonchev–Trinajstić information content (AvgIpc) is 2.79. The molecule has 0 radical (unpaired) electrons. The van der Waals surface area contributed by atoms with E-state index in [0.29, 0.717) is 27.8 Å². The number of ketones is 1. The van der Waals surface area contributed by atoms with E-state index in [0.717, 1.165) is 0 Å². The molecule has 0 unspecified atom stereocenters. The molecule has 1 heterocycles. The lowest BCUT2D eigenvalue weighted by Crippen LogP contribution is -2.16. The zero-order valence-electron chi connectivity index (χ0n) is 16.3. The van der Waals surface area contributed by atoms with Crippen molar-refractivity contribution in [3.8, 4) is 5.75 Å². The van der Waals surface area contributed by atoms with Crippen molar-refractivity contribution < 1.29 is 18.7 Å². The summed E-state index contributed by atoms with van der Waals surface area (Å²) in [4.78, 5) is 36.5. The molecule has 0 bridgehead atoms. The van der Waals surface area contributed by atoms with Gasteiger partial charge >= 0.3 is 5.97 Å². The quantitative estimate of drug-likeness (QED) is 0.272. The van der Waals surface area contributed by atoms with Crippen molar-refractivity contribution in [3.05, 3.63) is 106 Å². The van der Waals surface area contributed by atoms with Crippen LogP contribution in [0.2, 0.25) is 0 Å². The van der Waals surface area contributed by atoms with Crippen LogP contribution in [0, 0.1) is 5.82 Å². The summed E-state index contributed by atoms with van der Waals surface area (Å²) in [6.45, 7) is 0.251. The summed E-state index contributed by atoms with van der Waals surface area (Å²) in [5.41, 5.74) is 1.23. The molecule has 0 aliphatic rings. The summed E-state index contributed by atoms with van der Waals surface area (Å²) in [7, 11) is 0. The summed E-state index contributed by atoms with van der Waals surface area (Å²) in [5, 5.41) is 4.62. The van der Waals surface area contributed by atoms with Crippen LogP contribution in [0.25, 0.3) is 10.9 Å². The van der Waals surface area contributed by atoms with Gasteiger partial charge < -0.3 is 4.74 Å². The minimum atomic E-state index is -0.470. The Morgan fingerprint density at radius 3 is 2.26 bits per heavy atom. The van der Waals surface area contributed by atoms with E-state index in [1.54, 1.807) is 41.1 Å². The van der Waals surface area contributed by atoms with E-state index in [2.05, 4.69) is 5.10 Å². The van der Waals surface area contributed by atoms with Crippen molar-refractivity contribution in [2.45, 2.75) is 13.0 Å². The Morgan fingerprint density at radius 1 is 0.903 bits per heavy atom. The van der Waals surface area contributed by atoms with Gasteiger partial charge in [-0.1, -0.05) is 12.1 Å². The third-order valence-corrected chi connectivity index (χ3v) is 4.74. The molecule has 0 aliphatic carbocycles. The molecule has 3 aromatic carbocycles. The van der Waals surface area contributed by atoms with Crippen LogP contribution in [-0.4, -0.2) is 21.5 Å². The molecule has 0 N–H and O–H groups in total. The lowest BCUT2D eigenvalue weighted by Gasteiger charge is -2.09. The van der Waals surface area contributed by atoms with Crippen LogP contribution in [-0.2, 0) is 11.3 Å². The fourth-order valence-corrected chi connectivity index (χ4v) is 3.16. The summed E-state index contributed by atoms with van der Waals surface area (Å²) >= 11 is 0. The van der Waals surface area contributed by atoms with E-state index in [-0.39, 0.29) is 24.2 Å². The Kier molecular flexibility index (Phi) is 5.66. The van der Waals surface area contributed by atoms with Gasteiger partial charge in [-0.2, -0.15) is 5.10 Å². The highest BCUT2D eigenvalue weighted by molar-refractivity contribution is 6.09. The topological polar surface area (TPSA) is 78.3 Å². The molecule has 4 rings (SSSR count). The molecule has 6 nitrogen and oxygen atoms in total. The number of ether oxygens (including phenoxy) is 1. The van der Waals surface area contributed by atoms with Crippen LogP contribution in [0.5, 0.6) is 5.75 Å². The number of nitrogens with zero attached hydrogens (tertiary/aromatic N) is 2. The van der Waals surface area contributed by atoms with Crippen LogP contribution >= 0.6 is 0 Å². The smallest absolute Gasteiger partial charge is 0.313 e. The average molecular weight is 416 g/mol. The van der Waals surface area contributed by atoms with Crippen LogP contribution in [0.1, 0.15) is 22.3 Å². The number of halogens is 1. The summed E-state index contributed by atoms with van der Waals surface area (Å²) < 4.78 is 19.9. The number of esters is 1. The third-order valence-electron chi connectivity index (χ3n) is 4.74. The number of para-hydroxylation sites is 1. The highest BCUT2D eigenvalue weighted by Crippen LogP contribution is 2.17. The lowest BCUT2D eigenvalue weighted by molar-refractivity contribution is -0.134. The van der Waals surface area contributed by atoms with E-state index < -0.39 is 11.8 Å². The van der Waals surface area contributed by atoms with Gasteiger partial charge in [0.2, 0.25) is 5.43 Å². The van der Waals surface area contributed by atoms with Gasteiger partial charge in [-0.05, 0) is 60.7 Å². The monoisotopic (exact) mass is 416 g/mol. The molecule has 31 heavy (non-hydrogen) atoms. The molecule has 0 fully saturated rings. The number of benzene rings is 3. The number of carbonyl (C=O) groups is 2. The lowest BCUT2D eigenvalue weighted by atomic mass is 10.0. The Bertz CT molecular complexity index is 1310. The van der Waals surface area contributed by atoms with Crippen LogP contribution in [0.3, 0.4) is 0 Å². The molecular formula is C24H17FN2O4. The molecule has 0 atom stereocenters. The Hall–Kier alpha value is -4.13. The van der Waals surface area contributed by atoms with Gasteiger partial charge in [0.15, 0.2) is 5.78 Å². The van der Waals surface area contributed by atoms with Gasteiger partial charge in [0.25, 0.3) is 0 Å². The highest BCUT2D eigenvalue weighted by atomic mass is 19.1. The maximum absolute atomic E-state index is 13.0. The number of aromatic nitrogens is 2. The third kappa shape index (κ3) is 4.56. The van der Waals surface area contributed by atoms with Gasteiger partial charge in [-0.3, -0.25) is 19.1 Å². The minimum Gasteiger partial charge on any atom is -0.426 e. The zero-order valence-corrected chi connectivity index (χ0v) is 16.3. The molecular weight excluding hydrogens is 399 g/mol. The van der Waals surface area contributed by atoms with E-state index >= 15 is 0 Å². The van der Waals surface area contributed by atoms with Crippen molar-refractivity contribution in [2.24, 2.45) is 0 Å². The number of hydrogen-bond acceptors (Lipinski definition) is 5. The van der Waals surface area contributed by atoms with Crippen LogP contribution in [0.15, 0.2) is 83.8 Å². The Balaban J connectivity index is 1.39. The number of hydrogen-bond donors (Lipinski definition) is 0. The number of carbonyl (C=O) groups excluding carboxylic acids is 2. The Morgan fingerprint density at radius 2 is 1.55 bits per heavy atom. The molecule has 154 valence electrons. The summed E-state index contributed by atoms with van der Waals surface area (Å²) in [5.74, 6) is -0.834. The zero-order chi connectivity index (χ0) is 21.8. The molecule has 0 saturated heterocycles. The van der Waals surface area contributed by atoms with Crippen molar-refractivity contribution >= 4 is 22.7 Å². The highest BCUT2D eigenvalue weighted by Gasteiger charge is 2.11. The maximum atomic E-state index is 13.0. The predicted octanol–water partition coefficient (Wildman–Crippen LogP) is 3.76. The van der Waals surface area contributed by atoms with Gasteiger partial charge in [0.05, 0.1) is 24.7 Å². The molecule has 0 amide bonds. The fourth-order valence-electron chi connectivity index (χ4n) is 3.16. The largest absolute Gasteiger partial charge is 0.426 e. The van der Waals surface area contributed by atoms with E-state index in [9.17, 15) is 18.8 Å². The first-order valence-electron chi connectivity index (χ1n) is 9.57. The van der Waals surface area contributed by atoms with Crippen molar-refractivity contribution in [1.29, 1.82) is 0 Å². The number of rotatable bonds is 6. The molecule has 0 spiro atoms. The first-order chi connectivity index (χ1) is 15.0. The van der Waals surface area contributed by atoms with Crippen molar-refractivity contribution in [2.75, 3.05) is 0 Å². The Labute approximate surface area is 176 Å². The molecule has 1 aromatic heterocycles. The van der Waals surface area contributed by atoms with Gasteiger partial charge in [0, 0.05) is 16.5 Å². The maximum Gasteiger partial charge on any atom is 0.313 e.